The van der Waals surface area contributed by atoms with Crippen molar-refractivity contribution >= 4 is 5.91 Å². The number of nitrogens with zero attached hydrogens (tertiary/aromatic N) is 1. The minimum absolute atomic E-state index is 0.117. The molecule has 5 atom stereocenters. The van der Waals surface area contributed by atoms with E-state index in [0.717, 1.165) is 6.42 Å². The van der Waals surface area contributed by atoms with Crippen molar-refractivity contribution in [2.45, 2.75) is 89.2 Å². The molecule has 4 rings (SSSR count). The lowest BCUT2D eigenvalue weighted by Gasteiger charge is -2.38. The molecule has 0 radical (unpaired) electrons. The van der Waals surface area contributed by atoms with Crippen LogP contribution in [0.4, 0.5) is 0 Å². The molecule has 148 valence electrons. The van der Waals surface area contributed by atoms with Crippen LogP contribution < -0.4 is 0 Å². The van der Waals surface area contributed by atoms with E-state index < -0.39 is 35.7 Å². The first-order valence-electron chi connectivity index (χ1n) is 9.34. The highest BCUT2D eigenvalue weighted by Gasteiger charge is 2.65. The normalized spacial score (nSPS) is 44.0. The summed E-state index contributed by atoms with van der Waals surface area (Å²) in [5.41, 5.74) is -0.824. The predicted molar refractivity (Wildman–Crippen MR) is 88.9 cm³/mol. The summed E-state index contributed by atoms with van der Waals surface area (Å²) in [6.07, 6.45) is -0.231. The Kier molecular flexibility index (Phi) is 4.37. The number of rotatable bonds is 4. The van der Waals surface area contributed by atoms with E-state index in [-0.39, 0.29) is 18.7 Å². The standard InChI is InChI=1S/C18H29NO7/c1-16(2)21-9-11(24-16)13-18(5,22-10-19-8-6-7-12(19)20)14-15(23-13)26-17(3,4)25-14/h11,13-15H,6-10H2,1-5H3/t11-,13-,14+,15-,18-/m1/s1. The molecule has 4 heterocycles. The smallest absolute Gasteiger partial charge is 0.224 e. The Morgan fingerprint density at radius 2 is 1.85 bits per heavy atom. The molecule has 0 spiro atoms. The molecule has 1 amide bonds. The van der Waals surface area contributed by atoms with Gasteiger partial charge in [0, 0.05) is 13.0 Å². The highest BCUT2D eigenvalue weighted by atomic mass is 16.9. The van der Waals surface area contributed by atoms with Gasteiger partial charge < -0.3 is 33.3 Å². The maximum absolute atomic E-state index is 12.0. The van der Waals surface area contributed by atoms with E-state index in [1.807, 2.05) is 34.6 Å². The summed E-state index contributed by atoms with van der Waals surface area (Å²) in [4.78, 5) is 13.7. The van der Waals surface area contributed by atoms with Crippen molar-refractivity contribution in [3.05, 3.63) is 0 Å². The van der Waals surface area contributed by atoms with Crippen molar-refractivity contribution in [1.29, 1.82) is 0 Å². The number of carbonyl (C=O) groups is 1. The summed E-state index contributed by atoms with van der Waals surface area (Å²) in [6, 6.07) is 0. The van der Waals surface area contributed by atoms with Crippen LogP contribution in [-0.4, -0.2) is 72.5 Å². The number of hydrogen-bond donors (Lipinski definition) is 0. The Hall–Kier alpha value is -0.770. The van der Waals surface area contributed by atoms with Gasteiger partial charge in [-0.3, -0.25) is 4.79 Å². The number of amides is 1. The highest BCUT2D eigenvalue weighted by molar-refractivity contribution is 5.77. The summed E-state index contributed by atoms with van der Waals surface area (Å²) in [7, 11) is 0. The summed E-state index contributed by atoms with van der Waals surface area (Å²) in [5.74, 6) is -1.30. The maximum atomic E-state index is 12.0. The lowest BCUT2D eigenvalue weighted by molar-refractivity contribution is -0.256. The molecule has 4 saturated heterocycles. The Bertz CT molecular complexity index is 580. The van der Waals surface area contributed by atoms with Gasteiger partial charge in [-0.15, -0.1) is 0 Å². The van der Waals surface area contributed by atoms with Crippen LogP contribution in [0.2, 0.25) is 0 Å². The molecule has 8 heteroatoms. The number of hydrogen-bond acceptors (Lipinski definition) is 7. The molecule has 4 aliphatic heterocycles. The molecule has 0 bridgehead atoms. The molecule has 0 aromatic carbocycles. The predicted octanol–water partition coefficient (Wildman–Crippen LogP) is 1.37. The first-order chi connectivity index (χ1) is 12.1. The fourth-order valence-corrected chi connectivity index (χ4v) is 4.20. The van der Waals surface area contributed by atoms with Crippen molar-refractivity contribution in [1.82, 2.24) is 4.90 Å². The lowest BCUT2D eigenvalue weighted by atomic mass is 9.91. The minimum Gasteiger partial charge on any atom is -0.349 e. The second-order valence-corrected chi connectivity index (χ2v) is 8.57. The Morgan fingerprint density at radius 3 is 2.46 bits per heavy atom. The van der Waals surface area contributed by atoms with Gasteiger partial charge in [-0.1, -0.05) is 0 Å². The van der Waals surface area contributed by atoms with Gasteiger partial charge >= 0.3 is 0 Å². The van der Waals surface area contributed by atoms with Gasteiger partial charge in [0.15, 0.2) is 17.9 Å². The third kappa shape index (κ3) is 3.16. The average Bonchev–Trinajstić information content (AvgIpc) is 3.23. The monoisotopic (exact) mass is 371 g/mol. The quantitative estimate of drug-likeness (QED) is 0.739. The molecule has 0 aromatic heterocycles. The summed E-state index contributed by atoms with van der Waals surface area (Å²) >= 11 is 0. The van der Waals surface area contributed by atoms with Gasteiger partial charge in [-0.2, -0.15) is 0 Å². The third-order valence-electron chi connectivity index (χ3n) is 5.54. The van der Waals surface area contributed by atoms with Crippen LogP contribution in [0.25, 0.3) is 0 Å². The number of carbonyl (C=O) groups excluding carboxylic acids is 1. The zero-order chi connectivity index (χ0) is 18.7. The molecule has 26 heavy (non-hydrogen) atoms. The second-order valence-electron chi connectivity index (χ2n) is 8.57. The maximum Gasteiger partial charge on any atom is 0.224 e. The minimum atomic E-state index is -0.824. The van der Waals surface area contributed by atoms with E-state index in [1.165, 1.54) is 0 Å². The molecular formula is C18H29NO7. The average molecular weight is 371 g/mol. The Balaban J connectivity index is 1.54. The van der Waals surface area contributed by atoms with Crippen LogP contribution in [0.15, 0.2) is 0 Å². The van der Waals surface area contributed by atoms with Crippen LogP contribution in [0.1, 0.15) is 47.5 Å². The van der Waals surface area contributed by atoms with Crippen molar-refractivity contribution in [2.24, 2.45) is 0 Å². The zero-order valence-corrected chi connectivity index (χ0v) is 16.1. The molecule has 4 aliphatic rings. The fraction of sp³-hybridized carbons (Fsp3) is 0.944. The van der Waals surface area contributed by atoms with Crippen LogP contribution in [0, 0.1) is 0 Å². The van der Waals surface area contributed by atoms with Crippen molar-refractivity contribution < 1.29 is 33.2 Å². The Morgan fingerprint density at radius 1 is 1.08 bits per heavy atom. The largest absolute Gasteiger partial charge is 0.349 e. The zero-order valence-electron chi connectivity index (χ0n) is 16.1. The SMILES string of the molecule is CC1(C)OC[C@H]([C@H]2O[C@@H]3OC(C)(C)O[C@@H]3[C@]2(C)OCN2CCCC2=O)O1. The fourth-order valence-electron chi connectivity index (χ4n) is 4.20. The molecule has 0 aliphatic carbocycles. The first kappa shape index (κ1) is 18.6. The van der Waals surface area contributed by atoms with Gasteiger partial charge in [0.1, 0.15) is 30.6 Å². The Labute approximate surface area is 154 Å². The van der Waals surface area contributed by atoms with Crippen LogP contribution in [0.5, 0.6) is 0 Å². The van der Waals surface area contributed by atoms with Gasteiger partial charge in [-0.25, -0.2) is 0 Å². The van der Waals surface area contributed by atoms with Crippen LogP contribution >= 0.6 is 0 Å². The topological polar surface area (TPSA) is 75.7 Å². The van der Waals surface area contributed by atoms with Gasteiger partial charge in [-0.05, 0) is 41.0 Å². The third-order valence-corrected chi connectivity index (χ3v) is 5.54. The van der Waals surface area contributed by atoms with Crippen LogP contribution in [0.3, 0.4) is 0 Å². The van der Waals surface area contributed by atoms with Gasteiger partial charge in [0.05, 0.1) is 6.61 Å². The number of likely N-dealkylation sites (tertiary alicyclic amines) is 1. The molecule has 4 fully saturated rings. The molecule has 0 unspecified atom stereocenters. The number of fused-ring (bicyclic) bond motifs is 1. The van der Waals surface area contributed by atoms with E-state index in [1.54, 1.807) is 4.90 Å². The lowest BCUT2D eigenvalue weighted by Crippen LogP contribution is -2.55. The van der Waals surface area contributed by atoms with Crippen LogP contribution in [-0.2, 0) is 33.2 Å². The van der Waals surface area contributed by atoms with Crippen molar-refractivity contribution in [3.8, 4) is 0 Å². The molecular weight excluding hydrogens is 342 g/mol. The van der Waals surface area contributed by atoms with E-state index >= 15 is 0 Å². The van der Waals surface area contributed by atoms with Gasteiger partial charge in [0.25, 0.3) is 0 Å². The van der Waals surface area contributed by atoms with Crippen molar-refractivity contribution in [3.63, 3.8) is 0 Å². The van der Waals surface area contributed by atoms with Crippen molar-refractivity contribution in [2.75, 3.05) is 19.9 Å². The molecule has 8 nitrogen and oxygen atoms in total. The van der Waals surface area contributed by atoms with Gasteiger partial charge in [0.2, 0.25) is 5.91 Å². The highest BCUT2D eigenvalue weighted by Crippen LogP contribution is 2.47. The molecule has 0 aromatic rings. The summed E-state index contributed by atoms with van der Waals surface area (Å²) in [6.45, 7) is 10.7. The first-order valence-corrected chi connectivity index (χ1v) is 9.34. The number of ether oxygens (including phenoxy) is 6. The summed E-state index contributed by atoms with van der Waals surface area (Å²) < 4.78 is 36.2. The summed E-state index contributed by atoms with van der Waals surface area (Å²) in [5, 5.41) is 0. The van der Waals surface area contributed by atoms with E-state index in [0.29, 0.717) is 19.6 Å². The molecule has 0 N–H and O–H groups in total. The van der Waals surface area contributed by atoms with E-state index in [2.05, 4.69) is 0 Å². The second kappa shape index (κ2) is 6.12. The van der Waals surface area contributed by atoms with E-state index in [9.17, 15) is 4.79 Å². The molecule has 0 saturated carbocycles. The van der Waals surface area contributed by atoms with E-state index in [4.69, 9.17) is 28.4 Å².